The summed E-state index contributed by atoms with van der Waals surface area (Å²) in [5, 5.41) is 8.91. The van der Waals surface area contributed by atoms with E-state index in [0.717, 1.165) is 11.3 Å². The maximum atomic E-state index is 10.9. The Kier molecular flexibility index (Phi) is 4.12. The van der Waals surface area contributed by atoms with Crippen LogP contribution in [0.3, 0.4) is 0 Å². The van der Waals surface area contributed by atoms with Crippen molar-refractivity contribution in [3.05, 3.63) is 29.3 Å². The molecule has 2 N–H and O–H groups in total. The van der Waals surface area contributed by atoms with Gasteiger partial charge in [0.05, 0.1) is 17.9 Å². The van der Waals surface area contributed by atoms with Gasteiger partial charge in [-0.15, -0.1) is 0 Å². The molecule has 82 valence electrons. The van der Waals surface area contributed by atoms with Crippen molar-refractivity contribution in [2.75, 3.05) is 12.1 Å². The van der Waals surface area contributed by atoms with Crippen LogP contribution >= 0.6 is 0 Å². The first-order valence-corrected chi connectivity index (χ1v) is 4.93. The predicted octanol–water partition coefficient (Wildman–Crippen LogP) is 2.31. The fourth-order valence-electron chi connectivity index (χ4n) is 1.31. The minimum Gasteiger partial charge on any atom is -0.478 e. The Labute approximate surface area is 88.8 Å². The quantitative estimate of drug-likeness (QED) is 0.730. The van der Waals surface area contributed by atoms with E-state index in [2.05, 4.69) is 5.48 Å². The second-order valence-corrected chi connectivity index (χ2v) is 3.07. The molecule has 0 spiro atoms. The molecule has 4 heteroatoms. The summed E-state index contributed by atoms with van der Waals surface area (Å²) < 4.78 is 0. The molecule has 0 saturated carbocycles. The van der Waals surface area contributed by atoms with Gasteiger partial charge in [-0.05, 0) is 37.1 Å². The number of aromatic carboxylic acids is 1. The number of carboxylic acid groups (broad SMARTS) is 1. The average molecular weight is 209 g/mol. The molecule has 0 heterocycles. The van der Waals surface area contributed by atoms with Crippen molar-refractivity contribution in [2.45, 2.75) is 20.3 Å². The molecule has 15 heavy (non-hydrogen) atoms. The van der Waals surface area contributed by atoms with Gasteiger partial charge in [-0.1, -0.05) is 6.92 Å². The van der Waals surface area contributed by atoms with Crippen molar-refractivity contribution in [1.29, 1.82) is 0 Å². The molecule has 0 atom stereocenters. The number of hydrogen-bond donors (Lipinski definition) is 2. The molecule has 0 unspecified atom stereocenters. The molecule has 0 aliphatic carbocycles. The molecule has 0 aromatic heterocycles. The largest absolute Gasteiger partial charge is 0.478 e. The number of carboxylic acids is 1. The van der Waals surface area contributed by atoms with Crippen LogP contribution in [0, 0.1) is 0 Å². The number of benzene rings is 1. The number of rotatable bonds is 5. The van der Waals surface area contributed by atoms with Crippen molar-refractivity contribution < 1.29 is 14.7 Å². The third kappa shape index (κ3) is 2.95. The fourth-order valence-corrected chi connectivity index (χ4v) is 1.31. The van der Waals surface area contributed by atoms with Gasteiger partial charge in [0.15, 0.2) is 0 Å². The number of aryl methyl sites for hydroxylation is 1. The highest BCUT2D eigenvalue weighted by Gasteiger charge is 2.08. The van der Waals surface area contributed by atoms with Crippen molar-refractivity contribution >= 4 is 11.7 Å². The lowest BCUT2D eigenvalue weighted by Crippen LogP contribution is -2.05. The third-order valence-electron chi connectivity index (χ3n) is 2.05. The smallest absolute Gasteiger partial charge is 0.335 e. The highest BCUT2D eigenvalue weighted by molar-refractivity contribution is 5.90. The Morgan fingerprint density at radius 1 is 1.47 bits per heavy atom. The van der Waals surface area contributed by atoms with Gasteiger partial charge < -0.3 is 5.11 Å². The molecule has 0 aliphatic rings. The summed E-state index contributed by atoms with van der Waals surface area (Å²) in [4.78, 5) is 15.9. The van der Waals surface area contributed by atoms with Crippen LogP contribution in [0.25, 0.3) is 0 Å². The SMILES string of the molecule is CCONc1ccc(C(=O)O)c(CC)c1. The predicted molar refractivity (Wildman–Crippen MR) is 58.0 cm³/mol. The summed E-state index contributed by atoms with van der Waals surface area (Å²) in [6.07, 6.45) is 0.684. The molecule has 0 saturated heterocycles. The Bertz CT molecular complexity index is 350. The molecule has 0 aliphatic heterocycles. The van der Waals surface area contributed by atoms with Crippen LogP contribution < -0.4 is 5.48 Å². The summed E-state index contributed by atoms with van der Waals surface area (Å²) in [7, 11) is 0. The van der Waals surface area contributed by atoms with E-state index in [0.29, 0.717) is 18.6 Å². The lowest BCUT2D eigenvalue weighted by molar-refractivity contribution is 0.0695. The van der Waals surface area contributed by atoms with Crippen LogP contribution in [0.4, 0.5) is 5.69 Å². The Morgan fingerprint density at radius 3 is 2.73 bits per heavy atom. The minimum atomic E-state index is -0.894. The van der Waals surface area contributed by atoms with Gasteiger partial charge in [0.2, 0.25) is 0 Å². The van der Waals surface area contributed by atoms with Crippen molar-refractivity contribution in [3.8, 4) is 0 Å². The monoisotopic (exact) mass is 209 g/mol. The van der Waals surface area contributed by atoms with Crippen LogP contribution in [0.15, 0.2) is 18.2 Å². The second-order valence-electron chi connectivity index (χ2n) is 3.07. The van der Waals surface area contributed by atoms with E-state index in [-0.39, 0.29) is 0 Å². The first-order chi connectivity index (χ1) is 7.19. The van der Waals surface area contributed by atoms with Crippen molar-refractivity contribution in [1.82, 2.24) is 0 Å². The fraction of sp³-hybridized carbons (Fsp3) is 0.364. The van der Waals surface area contributed by atoms with Crippen LogP contribution in [-0.4, -0.2) is 17.7 Å². The Morgan fingerprint density at radius 2 is 2.20 bits per heavy atom. The standard InChI is InChI=1S/C11H15NO3/c1-3-8-7-9(12-15-4-2)5-6-10(8)11(13)14/h5-7,12H,3-4H2,1-2H3,(H,13,14). The van der Waals surface area contributed by atoms with E-state index in [1.54, 1.807) is 18.2 Å². The summed E-state index contributed by atoms with van der Waals surface area (Å²) in [6.45, 7) is 4.35. The summed E-state index contributed by atoms with van der Waals surface area (Å²) in [6, 6.07) is 5.07. The molecule has 1 aromatic rings. The van der Waals surface area contributed by atoms with Gasteiger partial charge in [-0.3, -0.25) is 10.3 Å². The maximum Gasteiger partial charge on any atom is 0.335 e. The van der Waals surface area contributed by atoms with Gasteiger partial charge in [-0.25, -0.2) is 4.79 Å². The van der Waals surface area contributed by atoms with E-state index in [9.17, 15) is 4.79 Å². The van der Waals surface area contributed by atoms with E-state index < -0.39 is 5.97 Å². The van der Waals surface area contributed by atoms with Gasteiger partial charge in [0, 0.05) is 0 Å². The molecule has 0 bridgehead atoms. The van der Waals surface area contributed by atoms with Gasteiger partial charge in [0.25, 0.3) is 0 Å². The molecule has 1 rings (SSSR count). The van der Waals surface area contributed by atoms with E-state index in [1.807, 2.05) is 13.8 Å². The van der Waals surface area contributed by atoms with Crippen molar-refractivity contribution in [3.63, 3.8) is 0 Å². The number of nitrogens with one attached hydrogen (secondary N) is 1. The lowest BCUT2D eigenvalue weighted by Gasteiger charge is -2.08. The number of hydrogen-bond acceptors (Lipinski definition) is 3. The molecular formula is C11H15NO3. The minimum absolute atomic E-state index is 0.347. The summed E-state index contributed by atoms with van der Waals surface area (Å²) in [5.74, 6) is -0.894. The van der Waals surface area contributed by atoms with Crippen LogP contribution in [0.2, 0.25) is 0 Å². The highest BCUT2D eigenvalue weighted by Crippen LogP contribution is 2.16. The molecule has 0 amide bonds. The topological polar surface area (TPSA) is 58.6 Å². The summed E-state index contributed by atoms with van der Waals surface area (Å²) >= 11 is 0. The highest BCUT2D eigenvalue weighted by atomic mass is 16.6. The maximum absolute atomic E-state index is 10.9. The van der Waals surface area contributed by atoms with E-state index in [1.165, 1.54) is 0 Å². The number of anilines is 1. The van der Waals surface area contributed by atoms with Gasteiger partial charge >= 0.3 is 5.97 Å². The van der Waals surface area contributed by atoms with Crippen molar-refractivity contribution in [2.24, 2.45) is 0 Å². The first-order valence-electron chi connectivity index (χ1n) is 4.93. The molecule has 4 nitrogen and oxygen atoms in total. The lowest BCUT2D eigenvalue weighted by atomic mass is 10.0. The Hall–Kier alpha value is -1.55. The van der Waals surface area contributed by atoms with E-state index >= 15 is 0 Å². The summed E-state index contributed by atoms with van der Waals surface area (Å²) in [5.41, 5.74) is 4.66. The second kappa shape index (κ2) is 5.36. The van der Waals surface area contributed by atoms with Gasteiger partial charge in [-0.2, -0.15) is 0 Å². The van der Waals surface area contributed by atoms with E-state index in [4.69, 9.17) is 9.94 Å². The molecule has 0 radical (unpaired) electrons. The van der Waals surface area contributed by atoms with Crippen LogP contribution in [0.1, 0.15) is 29.8 Å². The van der Waals surface area contributed by atoms with Gasteiger partial charge in [0.1, 0.15) is 0 Å². The zero-order valence-corrected chi connectivity index (χ0v) is 8.91. The van der Waals surface area contributed by atoms with Crippen LogP contribution in [0.5, 0.6) is 0 Å². The molecule has 1 aromatic carbocycles. The third-order valence-corrected chi connectivity index (χ3v) is 2.05. The first kappa shape index (κ1) is 11.5. The van der Waals surface area contributed by atoms with Crippen LogP contribution in [-0.2, 0) is 11.3 Å². The zero-order chi connectivity index (χ0) is 11.3. The normalized spacial score (nSPS) is 10.0. The Balaban J connectivity index is 2.92. The molecule has 0 fully saturated rings. The number of carbonyl (C=O) groups is 1. The zero-order valence-electron chi connectivity index (χ0n) is 8.91. The molecular weight excluding hydrogens is 194 g/mol. The average Bonchev–Trinajstić information content (AvgIpc) is 2.25.